The Kier molecular flexibility index (Phi) is 4.18. The second-order valence-corrected chi connectivity index (χ2v) is 4.65. The van der Waals surface area contributed by atoms with E-state index in [1.807, 2.05) is 0 Å². The number of aromatic nitrogens is 1. The van der Waals surface area contributed by atoms with Crippen molar-refractivity contribution in [2.45, 2.75) is 13.1 Å². The topological polar surface area (TPSA) is 42.0 Å². The van der Waals surface area contributed by atoms with Crippen LogP contribution in [0.5, 0.6) is 0 Å². The van der Waals surface area contributed by atoms with Crippen LogP contribution in [0.25, 0.3) is 0 Å². The van der Waals surface area contributed by atoms with Crippen LogP contribution in [0.4, 0.5) is 18.9 Å². The van der Waals surface area contributed by atoms with E-state index in [1.54, 1.807) is 13.0 Å². The monoisotopic (exact) mass is 314 g/mol. The van der Waals surface area contributed by atoms with Crippen LogP contribution in [0.15, 0.2) is 36.4 Å². The molecule has 1 amide bonds. The lowest BCUT2D eigenvalue weighted by atomic mass is 10.1. The Morgan fingerprint density at radius 2 is 1.86 bits per heavy atom. The Hall–Kier alpha value is -2.08. The summed E-state index contributed by atoms with van der Waals surface area (Å²) in [6, 6.07) is 7.69. The highest BCUT2D eigenvalue weighted by Gasteiger charge is 2.33. The zero-order valence-electron chi connectivity index (χ0n) is 10.8. The highest BCUT2D eigenvalue weighted by atomic mass is 35.5. The van der Waals surface area contributed by atoms with E-state index in [-0.39, 0.29) is 16.4 Å². The normalized spacial score (nSPS) is 11.3. The molecule has 0 spiro atoms. The van der Waals surface area contributed by atoms with E-state index in [0.717, 1.165) is 6.07 Å². The SMILES string of the molecule is Cc1ccc(C(=O)Nc2ccccc2C(F)(F)F)c(Cl)n1. The molecule has 110 valence electrons. The number of benzene rings is 1. The number of amides is 1. The number of hydrogen-bond acceptors (Lipinski definition) is 2. The van der Waals surface area contributed by atoms with Crippen molar-refractivity contribution in [3.8, 4) is 0 Å². The first kappa shape index (κ1) is 15.3. The van der Waals surface area contributed by atoms with Gasteiger partial charge in [0.05, 0.1) is 16.8 Å². The average Bonchev–Trinajstić information content (AvgIpc) is 2.37. The molecule has 2 aromatic rings. The van der Waals surface area contributed by atoms with Crippen LogP contribution < -0.4 is 5.32 Å². The molecule has 1 aromatic heterocycles. The van der Waals surface area contributed by atoms with Crippen LogP contribution in [-0.4, -0.2) is 10.9 Å². The van der Waals surface area contributed by atoms with Gasteiger partial charge in [-0.15, -0.1) is 0 Å². The maximum absolute atomic E-state index is 12.8. The van der Waals surface area contributed by atoms with E-state index in [4.69, 9.17) is 11.6 Å². The number of alkyl halides is 3. The quantitative estimate of drug-likeness (QED) is 0.839. The molecule has 2 rings (SSSR count). The van der Waals surface area contributed by atoms with Crippen molar-refractivity contribution < 1.29 is 18.0 Å². The van der Waals surface area contributed by atoms with Gasteiger partial charge >= 0.3 is 6.18 Å². The second-order valence-electron chi connectivity index (χ2n) is 4.29. The molecule has 0 aliphatic heterocycles. The maximum atomic E-state index is 12.8. The predicted octanol–water partition coefficient (Wildman–Crippen LogP) is 4.31. The minimum Gasteiger partial charge on any atom is -0.321 e. The van der Waals surface area contributed by atoms with Crippen molar-refractivity contribution in [1.29, 1.82) is 0 Å². The molecule has 3 nitrogen and oxygen atoms in total. The van der Waals surface area contributed by atoms with Gasteiger partial charge in [0.15, 0.2) is 0 Å². The molecule has 1 N–H and O–H groups in total. The van der Waals surface area contributed by atoms with E-state index in [1.165, 1.54) is 24.3 Å². The van der Waals surface area contributed by atoms with Gasteiger partial charge in [-0.05, 0) is 31.2 Å². The Morgan fingerprint density at radius 1 is 1.19 bits per heavy atom. The maximum Gasteiger partial charge on any atom is 0.418 e. The molecule has 0 saturated carbocycles. The lowest BCUT2D eigenvalue weighted by Gasteiger charge is -2.13. The molecule has 21 heavy (non-hydrogen) atoms. The van der Waals surface area contributed by atoms with Crippen molar-refractivity contribution in [1.82, 2.24) is 4.98 Å². The Bertz CT molecular complexity index is 686. The van der Waals surface area contributed by atoms with Gasteiger partial charge in [-0.1, -0.05) is 23.7 Å². The minimum absolute atomic E-state index is 0.0132. The van der Waals surface area contributed by atoms with Gasteiger partial charge < -0.3 is 5.32 Å². The number of carbonyl (C=O) groups excluding carboxylic acids is 1. The van der Waals surface area contributed by atoms with Gasteiger partial charge in [-0.2, -0.15) is 13.2 Å². The molecule has 0 atom stereocenters. The summed E-state index contributed by atoms with van der Waals surface area (Å²) >= 11 is 5.83. The molecule has 0 unspecified atom stereocenters. The summed E-state index contributed by atoms with van der Waals surface area (Å²) in [7, 11) is 0. The summed E-state index contributed by atoms with van der Waals surface area (Å²) in [6.45, 7) is 1.69. The van der Waals surface area contributed by atoms with Gasteiger partial charge in [0.2, 0.25) is 0 Å². The van der Waals surface area contributed by atoms with Crippen molar-refractivity contribution in [3.05, 3.63) is 58.4 Å². The summed E-state index contributed by atoms with van der Waals surface area (Å²) < 4.78 is 38.5. The predicted molar refractivity (Wildman–Crippen MR) is 73.4 cm³/mol. The Labute approximate surface area is 123 Å². The summed E-state index contributed by atoms with van der Waals surface area (Å²) in [5.41, 5.74) is -0.632. The zero-order chi connectivity index (χ0) is 15.6. The number of carbonyl (C=O) groups is 1. The largest absolute Gasteiger partial charge is 0.418 e. The van der Waals surface area contributed by atoms with Crippen LogP contribution in [0.2, 0.25) is 5.15 Å². The first-order valence-electron chi connectivity index (χ1n) is 5.90. The van der Waals surface area contributed by atoms with Crippen molar-refractivity contribution in [2.24, 2.45) is 0 Å². The van der Waals surface area contributed by atoms with Crippen LogP contribution >= 0.6 is 11.6 Å². The van der Waals surface area contributed by atoms with Crippen molar-refractivity contribution in [2.75, 3.05) is 5.32 Å². The Balaban J connectivity index is 2.32. The number of pyridine rings is 1. The molecule has 0 bridgehead atoms. The van der Waals surface area contributed by atoms with Crippen LogP contribution in [-0.2, 0) is 6.18 Å². The highest BCUT2D eigenvalue weighted by Crippen LogP contribution is 2.34. The fraction of sp³-hybridized carbons (Fsp3) is 0.143. The second kappa shape index (κ2) is 5.73. The number of rotatable bonds is 2. The molecule has 0 radical (unpaired) electrons. The van der Waals surface area contributed by atoms with Crippen LogP contribution in [0.1, 0.15) is 21.6 Å². The third-order valence-electron chi connectivity index (χ3n) is 2.71. The molecule has 0 aliphatic rings. The van der Waals surface area contributed by atoms with E-state index >= 15 is 0 Å². The number of aryl methyl sites for hydroxylation is 1. The highest BCUT2D eigenvalue weighted by molar-refractivity contribution is 6.33. The molecule has 0 aliphatic carbocycles. The first-order chi connectivity index (χ1) is 9.79. The van der Waals surface area contributed by atoms with E-state index in [2.05, 4.69) is 10.3 Å². The number of hydrogen-bond donors (Lipinski definition) is 1. The van der Waals surface area contributed by atoms with Gasteiger partial charge in [0, 0.05) is 5.69 Å². The summed E-state index contributed by atoms with van der Waals surface area (Å²) in [6.07, 6.45) is -4.56. The molecule has 7 heteroatoms. The molecular weight excluding hydrogens is 305 g/mol. The number of nitrogens with one attached hydrogen (secondary N) is 1. The minimum atomic E-state index is -4.56. The Morgan fingerprint density at radius 3 is 2.48 bits per heavy atom. The number of anilines is 1. The van der Waals surface area contributed by atoms with Gasteiger partial charge in [0.1, 0.15) is 5.15 Å². The zero-order valence-corrected chi connectivity index (χ0v) is 11.6. The number of nitrogens with zero attached hydrogens (tertiary/aromatic N) is 1. The summed E-state index contributed by atoms with van der Waals surface area (Å²) in [5, 5.41) is 2.15. The molecule has 1 aromatic carbocycles. The fourth-order valence-corrected chi connectivity index (χ4v) is 2.01. The third-order valence-corrected chi connectivity index (χ3v) is 3.00. The van der Waals surface area contributed by atoms with Crippen molar-refractivity contribution >= 4 is 23.2 Å². The average molecular weight is 315 g/mol. The number of para-hydroxylation sites is 1. The van der Waals surface area contributed by atoms with Gasteiger partial charge in [-0.3, -0.25) is 4.79 Å². The lowest BCUT2D eigenvalue weighted by molar-refractivity contribution is -0.136. The van der Waals surface area contributed by atoms with Gasteiger partial charge in [-0.25, -0.2) is 4.98 Å². The van der Waals surface area contributed by atoms with Crippen molar-refractivity contribution in [3.63, 3.8) is 0 Å². The summed E-state index contributed by atoms with van der Waals surface area (Å²) in [4.78, 5) is 15.9. The standard InChI is InChI=1S/C14H10ClF3N2O/c1-8-6-7-9(12(15)19-8)13(21)20-11-5-3-2-4-10(11)14(16,17)18/h2-7H,1H3,(H,20,21). The van der Waals surface area contributed by atoms with E-state index < -0.39 is 17.6 Å². The summed E-state index contributed by atoms with van der Waals surface area (Å²) in [5.74, 6) is -0.746. The first-order valence-corrected chi connectivity index (χ1v) is 6.27. The van der Waals surface area contributed by atoms with Gasteiger partial charge in [0.25, 0.3) is 5.91 Å². The smallest absolute Gasteiger partial charge is 0.321 e. The van der Waals surface area contributed by atoms with Crippen LogP contribution in [0.3, 0.4) is 0 Å². The third kappa shape index (κ3) is 3.52. The molecule has 1 heterocycles. The molecular formula is C14H10ClF3N2O. The van der Waals surface area contributed by atoms with E-state index in [0.29, 0.717) is 5.69 Å². The lowest BCUT2D eigenvalue weighted by Crippen LogP contribution is -2.17. The molecule has 0 saturated heterocycles. The van der Waals surface area contributed by atoms with E-state index in [9.17, 15) is 18.0 Å². The molecule has 0 fully saturated rings. The van der Waals surface area contributed by atoms with Crippen LogP contribution in [0, 0.1) is 6.92 Å². The number of halogens is 4. The fourth-order valence-electron chi connectivity index (χ4n) is 1.72.